The Morgan fingerprint density at radius 1 is 1.28 bits per heavy atom. The molecule has 3 heterocycles. The van der Waals surface area contributed by atoms with Crippen LogP contribution >= 0.6 is 0 Å². The number of aromatic nitrogens is 4. The summed E-state index contributed by atoms with van der Waals surface area (Å²) in [6.07, 6.45) is 2.59. The summed E-state index contributed by atoms with van der Waals surface area (Å²) in [6, 6.07) is 3.44. The van der Waals surface area contributed by atoms with Crippen molar-refractivity contribution in [3.8, 4) is 0 Å². The Kier molecular flexibility index (Phi) is 6.95. The van der Waals surface area contributed by atoms with Crippen molar-refractivity contribution in [1.82, 2.24) is 30.0 Å². The Hall–Kier alpha value is -1.93. The monoisotopic (exact) mass is 367 g/mol. The van der Waals surface area contributed by atoms with Gasteiger partial charge in [-0.25, -0.2) is 4.68 Å². The number of aryl methyl sites for hydroxylation is 1. The molecule has 1 fully saturated rings. The van der Waals surface area contributed by atoms with Crippen molar-refractivity contribution in [2.45, 2.75) is 33.4 Å². The predicted octanol–water partition coefficient (Wildman–Crippen LogP) is -1.73. The van der Waals surface area contributed by atoms with Crippen LogP contribution in [-0.2, 0) is 13.1 Å². The first-order chi connectivity index (χ1) is 11.6. The third-order valence-corrected chi connectivity index (χ3v) is 4.28. The van der Waals surface area contributed by atoms with E-state index in [1.807, 2.05) is 9.58 Å². The molecular formula is C16H24ClN6O2-. The van der Waals surface area contributed by atoms with Gasteiger partial charge in [-0.05, 0) is 34.9 Å². The molecule has 25 heavy (non-hydrogen) atoms. The Balaban J connectivity index is 0.00000225. The summed E-state index contributed by atoms with van der Waals surface area (Å²) < 4.78 is 7.08. The molecule has 9 heteroatoms. The van der Waals surface area contributed by atoms with E-state index in [1.54, 1.807) is 12.1 Å². The molecule has 1 aliphatic rings. The van der Waals surface area contributed by atoms with Crippen LogP contribution in [0.4, 0.5) is 0 Å². The molecule has 1 aliphatic heterocycles. The minimum absolute atomic E-state index is 0. The van der Waals surface area contributed by atoms with Crippen LogP contribution in [0.5, 0.6) is 0 Å². The van der Waals surface area contributed by atoms with E-state index >= 15 is 0 Å². The highest BCUT2D eigenvalue weighted by atomic mass is 35.5. The van der Waals surface area contributed by atoms with E-state index in [4.69, 9.17) is 4.42 Å². The molecule has 1 amide bonds. The lowest BCUT2D eigenvalue weighted by atomic mass is 10.1. The average molecular weight is 368 g/mol. The first-order valence-electron chi connectivity index (χ1n) is 8.43. The molecule has 3 rings (SSSR count). The zero-order valence-electron chi connectivity index (χ0n) is 14.6. The molecule has 0 spiro atoms. The van der Waals surface area contributed by atoms with Gasteiger partial charge in [0.1, 0.15) is 0 Å². The highest BCUT2D eigenvalue weighted by molar-refractivity contribution is 5.91. The van der Waals surface area contributed by atoms with Gasteiger partial charge in [0.2, 0.25) is 0 Å². The number of carbonyl (C=O) groups is 1. The number of amides is 1. The van der Waals surface area contributed by atoms with Crippen LogP contribution in [0, 0.1) is 5.92 Å². The molecule has 0 aliphatic carbocycles. The van der Waals surface area contributed by atoms with E-state index in [0.29, 0.717) is 31.3 Å². The third-order valence-electron chi connectivity index (χ3n) is 4.28. The molecule has 0 atom stereocenters. The van der Waals surface area contributed by atoms with Crippen LogP contribution in [0.15, 0.2) is 22.8 Å². The lowest BCUT2D eigenvalue weighted by molar-refractivity contribution is -0.0000163. The van der Waals surface area contributed by atoms with Crippen LogP contribution in [0.3, 0.4) is 0 Å². The van der Waals surface area contributed by atoms with E-state index in [-0.39, 0.29) is 18.3 Å². The second kappa shape index (κ2) is 8.96. The second-order valence-corrected chi connectivity index (χ2v) is 6.55. The Morgan fingerprint density at radius 3 is 2.68 bits per heavy atom. The van der Waals surface area contributed by atoms with Gasteiger partial charge in [0.05, 0.1) is 12.8 Å². The number of tetrazole rings is 1. The zero-order valence-corrected chi connectivity index (χ0v) is 15.4. The highest BCUT2D eigenvalue weighted by Crippen LogP contribution is 2.11. The van der Waals surface area contributed by atoms with Crippen molar-refractivity contribution in [3.05, 3.63) is 30.0 Å². The molecule has 138 valence electrons. The SMILES string of the molecule is CC(C)CCn1nnnc1CN1CCN(C(=O)c2ccco2)CC1.[Cl-]. The molecule has 8 nitrogen and oxygen atoms in total. The lowest BCUT2D eigenvalue weighted by Crippen LogP contribution is -3.00. The minimum Gasteiger partial charge on any atom is -1.00 e. The van der Waals surface area contributed by atoms with Gasteiger partial charge in [-0.2, -0.15) is 0 Å². The summed E-state index contributed by atoms with van der Waals surface area (Å²) in [5.41, 5.74) is 0. The van der Waals surface area contributed by atoms with Crippen molar-refractivity contribution in [3.63, 3.8) is 0 Å². The molecule has 2 aromatic rings. The van der Waals surface area contributed by atoms with E-state index in [1.165, 1.54) is 6.26 Å². The summed E-state index contributed by atoms with van der Waals surface area (Å²) >= 11 is 0. The second-order valence-electron chi connectivity index (χ2n) is 6.55. The van der Waals surface area contributed by atoms with Crippen molar-refractivity contribution >= 4 is 5.91 Å². The fraction of sp³-hybridized carbons (Fsp3) is 0.625. The number of hydrogen-bond donors (Lipinski definition) is 0. The fourth-order valence-electron chi connectivity index (χ4n) is 2.76. The maximum atomic E-state index is 12.3. The zero-order chi connectivity index (χ0) is 16.9. The maximum Gasteiger partial charge on any atom is 0.289 e. The topological polar surface area (TPSA) is 80.3 Å². The molecule has 1 saturated heterocycles. The number of nitrogens with zero attached hydrogens (tertiary/aromatic N) is 6. The fourth-order valence-corrected chi connectivity index (χ4v) is 2.76. The van der Waals surface area contributed by atoms with Gasteiger partial charge >= 0.3 is 0 Å². The first kappa shape index (κ1) is 19.4. The smallest absolute Gasteiger partial charge is 0.289 e. The summed E-state index contributed by atoms with van der Waals surface area (Å²) in [5, 5.41) is 12.0. The van der Waals surface area contributed by atoms with Crippen molar-refractivity contribution in [2.75, 3.05) is 26.2 Å². The van der Waals surface area contributed by atoms with Crippen LogP contribution in [-0.4, -0.2) is 62.1 Å². The molecule has 2 aromatic heterocycles. The van der Waals surface area contributed by atoms with Crippen molar-refractivity contribution in [1.29, 1.82) is 0 Å². The Morgan fingerprint density at radius 2 is 2.04 bits per heavy atom. The molecule has 0 unspecified atom stereocenters. The van der Waals surface area contributed by atoms with Crippen LogP contribution in [0.1, 0.15) is 36.6 Å². The molecule has 0 radical (unpaired) electrons. The maximum absolute atomic E-state index is 12.3. The van der Waals surface area contributed by atoms with Crippen LogP contribution in [0.2, 0.25) is 0 Å². The number of halogens is 1. The molecule has 0 bridgehead atoms. The summed E-state index contributed by atoms with van der Waals surface area (Å²) in [7, 11) is 0. The van der Waals surface area contributed by atoms with Gasteiger partial charge in [-0.3, -0.25) is 9.69 Å². The molecule has 0 N–H and O–H groups in total. The van der Waals surface area contributed by atoms with Crippen LogP contribution < -0.4 is 12.4 Å². The third kappa shape index (κ3) is 5.02. The summed E-state index contributed by atoms with van der Waals surface area (Å²) in [4.78, 5) is 16.4. The standard InChI is InChI=1S/C16H24N6O2.ClH/c1-13(2)5-6-22-15(17-18-19-22)12-20-7-9-21(10-8-20)16(23)14-4-3-11-24-14;/h3-4,11,13H,5-10,12H2,1-2H3;1H/p-1. The average Bonchev–Trinajstić information content (AvgIpc) is 3.25. The van der Waals surface area contributed by atoms with E-state index < -0.39 is 0 Å². The summed E-state index contributed by atoms with van der Waals surface area (Å²) in [5.74, 6) is 1.88. The Labute approximate surface area is 153 Å². The number of furan rings is 1. The highest BCUT2D eigenvalue weighted by Gasteiger charge is 2.24. The number of hydrogen-bond acceptors (Lipinski definition) is 6. The van der Waals surface area contributed by atoms with Gasteiger partial charge in [-0.15, -0.1) is 5.10 Å². The van der Waals surface area contributed by atoms with Gasteiger partial charge in [0, 0.05) is 32.7 Å². The molecular weight excluding hydrogens is 344 g/mol. The number of carbonyl (C=O) groups excluding carboxylic acids is 1. The first-order valence-corrected chi connectivity index (χ1v) is 8.43. The molecule has 0 saturated carbocycles. The Bertz CT molecular complexity index is 649. The van der Waals surface area contributed by atoms with E-state index in [0.717, 1.165) is 31.9 Å². The number of piperazine rings is 1. The molecule has 0 aromatic carbocycles. The van der Waals surface area contributed by atoms with E-state index in [2.05, 4.69) is 34.3 Å². The lowest BCUT2D eigenvalue weighted by Gasteiger charge is -2.33. The predicted molar refractivity (Wildman–Crippen MR) is 87.2 cm³/mol. The van der Waals surface area contributed by atoms with Gasteiger partial charge in [0.25, 0.3) is 5.91 Å². The van der Waals surface area contributed by atoms with Gasteiger partial charge in [0.15, 0.2) is 11.6 Å². The van der Waals surface area contributed by atoms with Crippen LogP contribution in [0.25, 0.3) is 0 Å². The normalized spacial score (nSPS) is 15.4. The van der Waals surface area contributed by atoms with Crippen molar-refractivity contribution < 1.29 is 21.6 Å². The summed E-state index contributed by atoms with van der Waals surface area (Å²) in [6.45, 7) is 8.94. The van der Waals surface area contributed by atoms with Crippen molar-refractivity contribution in [2.24, 2.45) is 5.92 Å². The van der Waals surface area contributed by atoms with Gasteiger partial charge < -0.3 is 21.7 Å². The quantitative estimate of drug-likeness (QED) is 0.604. The van der Waals surface area contributed by atoms with Gasteiger partial charge in [-0.1, -0.05) is 13.8 Å². The minimum atomic E-state index is -0.0404. The largest absolute Gasteiger partial charge is 1.00 e. The number of rotatable bonds is 6. The van der Waals surface area contributed by atoms with E-state index in [9.17, 15) is 4.79 Å².